The van der Waals surface area contributed by atoms with Crippen LogP contribution in [0.2, 0.25) is 0 Å². The Morgan fingerprint density at radius 2 is 1.96 bits per heavy atom. The van der Waals surface area contributed by atoms with E-state index in [-0.39, 0.29) is 23.3 Å². The molecule has 3 N–H and O–H groups in total. The van der Waals surface area contributed by atoms with Gasteiger partial charge in [-0.1, -0.05) is 24.3 Å². The lowest BCUT2D eigenvalue weighted by Crippen LogP contribution is -2.50. The van der Waals surface area contributed by atoms with Gasteiger partial charge in [0.2, 0.25) is 11.9 Å². The van der Waals surface area contributed by atoms with Gasteiger partial charge in [-0.05, 0) is 24.0 Å². The minimum Gasteiger partial charge on any atom is -0.369 e. The van der Waals surface area contributed by atoms with Crippen molar-refractivity contribution in [2.75, 3.05) is 36.8 Å². The highest BCUT2D eigenvalue weighted by molar-refractivity contribution is 5.85. The molecule has 0 bridgehead atoms. The summed E-state index contributed by atoms with van der Waals surface area (Å²) in [4.78, 5) is 35.0. The van der Waals surface area contributed by atoms with Gasteiger partial charge >= 0.3 is 0 Å². The summed E-state index contributed by atoms with van der Waals surface area (Å²) in [7, 11) is 0. The Hall–Kier alpha value is -2.83. The lowest BCUT2D eigenvalue weighted by atomic mass is 9.99. The first-order chi connectivity index (χ1) is 12.1. The van der Waals surface area contributed by atoms with Crippen molar-refractivity contribution in [3.63, 3.8) is 0 Å². The van der Waals surface area contributed by atoms with Gasteiger partial charge in [0.1, 0.15) is 5.82 Å². The third-order valence-corrected chi connectivity index (χ3v) is 5.09. The number of rotatable bonds is 2. The van der Waals surface area contributed by atoms with Gasteiger partial charge in [-0.25, -0.2) is 0 Å². The second-order valence-electron chi connectivity index (χ2n) is 6.59. The van der Waals surface area contributed by atoms with Crippen LogP contribution in [0.5, 0.6) is 0 Å². The molecule has 1 unspecified atom stereocenters. The number of nitrogens with zero attached hydrogens (tertiary/aromatic N) is 3. The predicted octanol–water partition coefficient (Wildman–Crippen LogP) is 0.731. The zero-order chi connectivity index (χ0) is 17.4. The molecule has 1 aromatic heterocycles. The molecule has 0 radical (unpaired) electrons. The van der Waals surface area contributed by atoms with E-state index < -0.39 is 0 Å². The molecule has 1 aliphatic carbocycles. The number of benzene rings is 1. The number of carbonyl (C=O) groups is 1. The van der Waals surface area contributed by atoms with Crippen LogP contribution in [0.4, 0.5) is 11.8 Å². The van der Waals surface area contributed by atoms with Crippen molar-refractivity contribution in [3.8, 4) is 0 Å². The van der Waals surface area contributed by atoms with Crippen LogP contribution in [0, 0.1) is 0 Å². The maximum absolute atomic E-state index is 12.9. The molecular weight excluding hydrogens is 318 g/mol. The van der Waals surface area contributed by atoms with E-state index in [9.17, 15) is 9.59 Å². The summed E-state index contributed by atoms with van der Waals surface area (Å²) in [6.45, 7) is 2.56. The van der Waals surface area contributed by atoms with Crippen LogP contribution in [0.25, 0.3) is 0 Å². The predicted molar refractivity (Wildman–Crippen MR) is 95.6 cm³/mol. The van der Waals surface area contributed by atoms with Gasteiger partial charge in [0.05, 0.1) is 5.92 Å². The number of aromatic amines is 1. The number of piperazine rings is 1. The number of carbonyl (C=O) groups excluding carboxylic acids is 1. The average Bonchev–Trinajstić information content (AvgIpc) is 3.04. The summed E-state index contributed by atoms with van der Waals surface area (Å²) >= 11 is 0. The molecule has 1 fully saturated rings. The zero-order valence-corrected chi connectivity index (χ0v) is 13.9. The van der Waals surface area contributed by atoms with E-state index >= 15 is 0 Å². The molecule has 2 aliphatic rings. The maximum Gasteiger partial charge on any atom is 0.254 e. The summed E-state index contributed by atoms with van der Waals surface area (Å²) in [6.07, 6.45) is 1.87. The van der Waals surface area contributed by atoms with Crippen molar-refractivity contribution >= 4 is 17.7 Å². The fraction of sp³-hybridized carbons (Fsp3) is 0.389. The van der Waals surface area contributed by atoms with Gasteiger partial charge in [0, 0.05) is 32.2 Å². The molecule has 7 heteroatoms. The molecule has 130 valence electrons. The first kappa shape index (κ1) is 15.7. The van der Waals surface area contributed by atoms with Gasteiger partial charge in [0.25, 0.3) is 5.56 Å². The molecule has 1 saturated heterocycles. The Morgan fingerprint density at radius 3 is 2.72 bits per heavy atom. The number of amides is 1. The minimum atomic E-state index is -0.261. The smallest absolute Gasteiger partial charge is 0.254 e. The monoisotopic (exact) mass is 339 g/mol. The van der Waals surface area contributed by atoms with Crippen molar-refractivity contribution in [1.29, 1.82) is 0 Å². The van der Waals surface area contributed by atoms with Gasteiger partial charge in [-0.3, -0.25) is 14.6 Å². The number of fused-ring (bicyclic) bond motifs is 1. The lowest BCUT2D eigenvalue weighted by Gasteiger charge is -2.36. The molecule has 1 aliphatic heterocycles. The first-order valence-electron chi connectivity index (χ1n) is 8.60. The molecule has 7 nitrogen and oxygen atoms in total. The highest BCUT2D eigenvalue weighted by atomic mass is 16.2. The number of nitrogens with one attached hydrogen (secondary N) is 1. The number of nitrogen functional groups attached to an aromatic ring is 1. The summed E-state index contributed by atoms with van der Waals surface area (Å²) in [5.74, 6) is 0.877. The average molecular weight is 339 g/mol. The fourth-order valence-electron chi connectivity index (χ4n) is 3.82. The second-order valence-corrected chi connectivity index (χ2v) is 6.59. The van der Waals surface area contributed by atoms with Crippen LogP contribution in [0.3, 0.4) is 0 Å². The van der Waals surface area contributed by atoms with Crippen LogP contribution >= 0.6 is 0 Å². The minimum absolute atomic E-state index is 0.0175. The van der Waals surface area contributed by atoms with Crippen molar-refractivity contribution < 1.29 is 4.79 Å². The zero-order valence-electron chi connectivity index (χ0n) is 13.9. The standard InChI is InChI=1S/C18H21N5O2/c19-18-20-15(11-16(24)21-18)22-7-9-23(10-8-22)17(25)14-6-5-12-3-1-2-4-13(12)14/h1-4,11,14H,5-10H2,(H3,19,20,21,24). The molecule has 0 spiro atoms. The van der Waals surface area contributed by atoms with E-state index in [1.54, 1.807) is 0 Å². The van der Waals surface area contributed by atoms with Gasteiger partial charge in [-0.15, -0.1) is 0 Å². The number of aromatic nitrogens is 2. The van der Waals surface area contributed by atoms with Crippen LogP contribution in [0.1, 0.15) is 23.5 Å². The van der Waals surface area contributed by atoms with Crippen molar-refractivity contribution in [1.82, 2.24) is 14.9 Å². The third-order valence-electron chi connectivity index (χ3n) is 5.09. The highest BCUT2D eigenvalue weighted by Gasteiger charge is 2.33. The maximum atomic E-state index is 12.9. The van der Waals surface area contributed by atoms with Crippen molar-refractivity contribution in [3.05, 3.63) is 51.8 Å². The third kappa shape index (κ3) is 2.97. The molecule has 1 aromatic carbocycles. The molecule has 2 aromatic rings. The van der Waals surface area contributed by atoms with E-state index in [4.69, 9.17) is 5.73 Å². The summed E-state index contributed by atoms with van der Waals surface area (Å²) < 4.78 is 0. The van der Waals surface area contributed by atoms with Gasteiger partial charge in [-0.2, -0.15) is 4.98 Å². The molecule has 1 atom stereocenters. The normalized spacial score (nSPS) is 19.8. The first-order valence-corrected chi connectivity index (χ1v) is 8.60. The quantitative estimate of drug-likeness (QED) is 0.841. The van der Waals surface area contributed by atoms with Crippen LogP contribution in [-0.2, 0) is 11.2 Å². The van der Waals surface area contributed by atoms with Crippen LogP contribution in [-0.4, -0.2) is 47.0 Å². The summed E-state index contributed by atoms with van der Waals surface area (Å²) in [6, 6.07) is 9.67. The Labute approximate surface area is 145 Å². The van der Waals surface area contributed by atoms with Gasteiger partial charge < -0.3 is 15.5 Å². The van der Waals surface area contributed by atoms with E-state index in [0.717, 1.165) is 12.8 Å². The van der Waals surface area contributed by atoms with E-state index in [1.807, 2.05) is 21.9 Å². The number of hydrogen-bond acceptors (Lipinski definition) is 5. The fourth-order valence-corrected chi connectivity index (χ4v) is 3.82. The number of nitrogens with two attached hydrogens (primary N) is 1. The van der Waals surface area contributed by atoms with Crippen molar-refractivity contribution in [2.24, 2.45) is 0 Å². The Balaban J connectivity index is 1.44. The number of aryl methyl sites for hydroxylation is 1. The van der Waals surface area contributed by atoms with Gasteiger partial charge in [0.15, 0.2) is 0 Å². The van der Waals surface area contributed by atoms with E-state index in [2.05, 4.69) is 22.1 Å². The molecule has 4 rings (SSSR count). The number of anilines is 2. The van der Waals surface area contributed by atoms with Crippen molar-refractivity contribution in [2.45, 2.75) is 18.8 Å². The Morgan fingerprint density at radius 1 is 1.20 bits per heavy atom. The Bertz CT molecular complexity index is 855. The molecule has 1 amide bonds. The molecule has 0 saturated carbocycles. The van der Waals surface area contributed by atoms with E-state index in [0.29, 0.717) is 32.0 Å². The lowest BCUT2D eigenvalue weighted by molar-refractivity contribution is -0.133. The molecule has 2 heterocycles. The van der Waals surface area contributed by atoms with E-state index in [1.165, 1.54) is 17.2 Å². The molecular formula is C18H21N5O2. The highest BCUT2D eigenvalue weighted by Crippen LogP contribution is 2.34. The second kappa shape index (κ2) is 6.23. The largest absolute Gasteiger partial charge is 0.369 e. The summed E-state index contributed by atoms with van der Waals surface area (Å²) in [5.41, 5.74) is 7.82. The topological polar surface area (TPSA) is 95.3 Å². The number of H-pyrrole nitrogens is 1. The number of hydrogen-bond donors (Lipinski definition) is 2. The van der Waals surface area contributed by atoms with Crippen LogP contribution in [0.15, 0.2) is 35.1 Å². The summed E-state index contributed by atoms with van der Waals surface area (Å²) in [5, 5.41) is 0. The Kier molecular flexibility index (Phi) is 3.91. The van der Waals surface area contributed by atoms with Crippen LogP contribution < -0.4 is 16.2 Å². The SMILES string of the molecule is Nc1nc(N2CCN(C(=O)C3CCc4ccccc43)CC2)cc(=O)[nH]1. The molecule has 25 heavy (non-hydrogen) atoms.